The van der Waals surface area contributed by atoms with Gasteiger partial charge in [-0.1, -0.05) is 18.2 Å². The van der Waals surface area contributed by atoms with Crippen molar-refractivity contribution in [3.05, 3.63) is 35.2 Å². The summed E-state index contributed by atoms with van der Waals surface area (Å²) in [4.78, 5) is 0. The van der Waals surface area contributed by atoms with Crippen LogP contribution in [0.25, 0.3) is 10.1 Å². The minimum Gasteiger partial charge on any atom is -0.381 e. The molecule has 1 fully saturated rings. The van der Waals surface area contributed by atoms with E-state index in [0.29, 0.717) is 5.92 Å². The molecule has 0 saturated carbocycles. The highest BCUT2D eigenvalue weighted by Gasteiger charge is 2.20. The van der Waals surface area contributed by atoms with Crippen LogP contribution in [0.5, 0.6) is 0 Å². The maximum atomic E-state index is 6.35. The molecular formula is C14H17NOS. The van der Waals surface area contributed by atoms with Gasteiger partial charge in [0.05, 0.1) is 0 Å². The highest BCUT2D eigenvalue weighted by atomic mass is 32.1. The molecule has 1 aliphatic rings. The van der Waals surface area contributed by atoms with E-state index >= 15 is 0 Å². The van der Waals surface area contributed by atoms with Gasteiger partial charge in [-0.3, -0.25) is 0 Å². The lowest BCUT2D eigenvalue weighted by Gasteiger charge is -2.16. The van der Waals surface area contributed by atoms with Gasteiger partial charge in [0.15, 0.2) is 0 Å². The molecule has 2 N–H and O–H groups in total. The molecule has 2 aromatic rings. The summed E-state index contributed by atoms with van der Waals surface area (Å²) in [5, 5.41) is 3.45. The first kappa shape index (κ1) is 11.2. The zero-order chi connectivity index (χ0) is 11.7. The summed E-state index contributed by atoms with van der Waals surface area (Å²) in [6, 6.07) is 8.73. The van der Waals surface area contributed by atoms with Gasteiger partial charge in [0.25, 0.3) is 0 Å². The third-order valence-electron chi connectivity index (χ3n) is 3.52. The van der Waals surface area contributed by atoms with Gasteiger partial charge in [-0.05, 0) is 41.2 Å². The molecule has 2 nitrogen and oxygen atoms in total. The zero-order valence-corrected chi connectivity index (χ0v) is 10.6. The molecule has 2 atom stereocenters. The van der Waals surface area contributed by atoms with E-state index in [9.17, 15) is 0 Å². The minimum atomic E-state index is 0.143. The molecule has 1 saturated heterocycles. The molecule has 2 unspecified atom stereocenters. The molecule has 2 heterocycles. The molecule has 0 radical (unpaired) electrons. The Kier molecular flexibility index (Phi) is 3.14. The molecule has 3 heteroatoms. The molecule has 1 aliphatic heterocycles. The van der Waals surface area contributed by atoms with Gasteiger partial charge >= 0.3 is 0 Å². The fourth-order valence-corrected chi connectivity index (χ4v) is 3.54. The van der Waals surface area contributed by atoms with Gasteiger partial charge in [0.2, 0.25) is 0 Å². The summed E-state index contributed by atoms with van der Waals surface area (Å²) in [5.41, 5.74) is 7.65. The second-order valence-corrected chi connectivity index (χ2v) is 5.67. The Hall–Kier alpha value is -0.900. The summed E-state index contributed by atoms with van der Waals surface area (Å²) in [7, 11) is 0. The maximum Gasteiger partial charge on any atom is 0.0495 e. The Morgan fingerprint density at radius 1 is 1.41 bits per heavy atom. The number of hydrogen-bond donors (Lipinski definition) is 1. The fraction of sp³-hybridized carbons (Fsp3) is 0.429. The second kappa shape index (κ2) is 4.77. The first-order chi connectivity index (χ1) is 8.34. The van der Waals surface area contributed by atoms with Crippen molar-refractivity contribution in [2.24, 2.45) is 11.7 Å². The number of fused-ring (bicyclic) bond motifs is 1. The smallest absolute Gasteiger partial charge is 0.0495 e. The number of benzene rings is 1. The van der Waals surface area contributed by atoms with Crippen LogP contribution in [-0.4, -0.2) is 13.2 Å². The van der Waals surface area contributed by atoms with Crippen LogP contribution in [0.15, 0.2) is 29.6 Å². The molecule has 1 aromatic heterocycles. The van der Waals surface area contributed by atoms with Crippen LogP contribution >= 0.6 is 11.3 Å². The average Bonchev–Trinajstić information content (AvgIpc) is 2.97. The van der Waals surface area contributed by atoms with Crippen molar-refractivity contribution in [2.45, 2.75) is 18.9 Å². The predicted molar refractivity (Wildman–Crippen MR) is 72.3 cm³/mol. The molecule has 0 bridgehead atoms. The van der Waals surface area contributed by atoms with Crippen LogP contribution in [0.3, 0.4) is 0 Å². The van der Waals surface area contributed by atoms with E-state index in [0.717, 1.165) is 26.1 Å². The summed E-state index contributed by atoms with van der Waals surface area (Å²) in [5.74, 6) is 0.639. The van der Waals surface area contributed by atoms with Gasteiger partial charge < -0.3 is 10.5 Å². The summed E-state index contributed by atoms with van der Waals surface area (Å²) in [6.07, 6.45) is 2.20. The third-order valence-corrected chi connectivity index (χ3v) is 4.50. The molecule has 1 aromatic carbocycles. The zero-order valence-electron chi connectivity index (χ0n) is 9.76. The van der Waals surface area contributed by atoms with E-state index in [1.807, 2.05) is 0 Å². The number of ether oxygens (including phenoxy) is 1. The number of thiophene rings is 1. The van der Waals surface area contributed by atoms with Crippen LogP contribution in [0.4, 0.5) is 0 Å². The van der Waals surface area contributed by atoms with Gasteiger partial charge in [-0.25, -0.2) is 0 Å². The normalized spacial score (nSPS) is 22.1. The van der Waals surface area contributed by atoms with Crippen molar-refractivity contribution in [1.29, 1.82) is 0 Å². The highest BCUT2D eigenvalue weighted by Crippen LogP contribution is 2.32. The monoisotopic (exact) mass is 247 g/mol. The van der Waals surface area contributed by atoms with E-state index in [1.54, 1.807) is 11.3 Å². The van der Waals surface area contributed by atoms with Gasteiger partial charge in [-0.15, -0.1) is 11.3 Å². The van der Waals surface area contributed by atoms with Crippen LogP contribution in [0.1, 0.15) is 24.4 Å². The maximum absolute atomic E-state index is 6.35. The van der Waals surface area contributed by atoms with E-state index in [1.165, 1.54) is 15.6 Å². The summed E-state index contributed by atoms with van der Waals surface area (Å²) < 4.78 is 6.76. The molecule has 17 heavy (non-hydrogen) atoms. The van der Waals surface area contributed by atoms with Gasteiger partial charge in [0, 0.05) is 24.0 Å². The number of nitrogens with two attached hydrogens (primary N) is 1. The van der Waals surface area contributed by atoms with E-state index < -0.39 is 0 Å². The Morgan fingerprint density at radius 3 is 3.18 bits per heavy atom. The molecule has 0 amide bonds. The van der Waals surface area contributed by atoms with Crippen molar-refractivity contribution in [2.75, 3.05) is 13.2 Å². The largest absolute Gasteiger partial charge is 0.381 e. The lowest BCUT2D eigenvalue weighted by Crippen LogP contribution is -2.15. The van der Waals surface area contributed by atoms with Crippen molar-refractivity contribution >= 4 is 21.4 Å². The van der Waals surface area contributed by atoms with Crippen LogP contribution in [0, 0.1) is 5.92 Å². The van der Waals surface area contributed by atoms with E-state index in [2.05, 4.69) is 29.6 Å². The Bertz CT molecular complexity index is 502. The Labute approximate surface area is 105 Å². The van der Waals surface area contributed by atoms with Crippen molar-refractivity contribution in [3.63, 3.8) is 0 Å². The van der Waals surface area contributed by atoms with Gasteiger partial charge in [0.1, 0.15) is 0 Å². The van der Waals surface area contributed by atoms with Crippen molar-refractivity contribution < 1.29 is 4.74 Å². The molecule has 0 aliphatic carbocycles. The average molecular weight is 247 g/mol. The van der Waals surface area contributed by atoms with E-state index in [4.69, 9.17) is 10.5 Å². The first-order valence-electron chi connectivity index (χ1n) is 6.14. The molecule has 3 rings (SSSR count). The summed E-state index contributed by atoms with van der Waals surface area (Å²) >= 11 is 1.79. The second-order valence-electron chi connectivity index (χ2n) is 4.76. The first-order valence-corrected chi connectivity index (χ1v) is 7.02. The van der Waals surface area contributed by atoms with Crippen LogP contribution in [-0.2, 0) is 4.74 Å². The van der Waals surface area contributed by atoms with E-state index in [-0.39, 0.29) is 6.04 Å². The topological polar surface area (TPSA) is 35.2 Å². The van der Waals surface area contributed by atoms with Crippen LogP contribution < -0.4 is 5.73 Å². The lowest BCUT2D eigenvalue weighted by molar-refractivity contribution is 0.182. The summed E-state index contributed by atoms with van der Waals surface area (Å²) in [6.45, 7) is 1.79. The molecular weight excluding hydrogens is 230 g/mol. The SMILES string of the molecule is NC(CC1CCOC1)c1cccc2ccsc12. The van der Waals surface area contributed by atoms with Crippen molar-refractivity contribution in [1.82, 2.24) is 0 Å². The Morgan fingerprint density at radius 2 is 2.35 bits per heavy atom. The highest BCUT2D eigenvalue weighted by molar-refractivity contribution is 7.17. The molecule has 90 valence electrons. The van der Waals surface area contributed by atoms with Crippen molar-refractivity contribution in [3.8, 4) is 0 Å². The van der Waals surface area contributed by atoms with Crippen LogP contribution in [0.2, 0.25) is 0 Å². The third kappa shape index (κ3) is 2.23. The minimum absolute atomic E-state index is 0.143. The predicted octanol–water partition coefficient (Wildman–Crippen LogP) is 3.33. The fourth-order valence-electron chi connectivity index (χ4n) is 2.56. The lowest BCUT2D eigenvalue weighted by atomic mass is 9.94. The number of hydrogen-bond acceptors (Lipinski definition) is 3. The quantitative estimate of drug-likeness (QED) is 0.903. The number of rotatable bonds is 3. The molecule has 0 spiro atoms. The van der Waals surface area contributed by atoms with Gasteiger partial charge in [-0.2, -0.15) is 0 Å². The Balaban J connectivity index is 1.84. The standard InChI is InChI=1S/C14H17NOS/c15-13(8-10-4-6-16-9-10)12-3-1-2-11-5-7-17-14(11)12/h1-3,5,7,10,13H,4,6,8-9,15H2.